The van der Waals surface area contributed by atoms with Crippen molar-refractivity contribution in [2.45, 2.75) is 49.2 Å². The van der Waals surface area contributed by atoms with E-state index in [-0.39, 0.29) is 58.1 Å². The maximum Gasteiger partial charge on any atom is 0.308 e. The first-order chi connectivity index (χ1) is 15.8. The van der Waals surface area contributed by atoms with Crippen molar-refractivity contribution in [1.82, 2.24) is 4.90 Å². The highest BCUT2D eigenvalue weighted by Crippen LogP contribution is 2.60. The molecule has 0 unspecified atom stereocenters. The van der Waals surface area contributed by atoms with Gasteiger partial charge in [-0.05, 0) is 42.2 Å². The van der Waals surface area contributed by atoms with Crippen molar-refractivity contribution in [2.75, 3.05) is 18.5 Å². The number of halogens is 2. The number of alkyl halides is 2. The van der Waals surface area contributed by atoms with Gasteiger partial charge < -0.3 is 10.1 Å². The molecule has 6 atom stereocenters. The zero-order valence-corrected chi connectivity index (χ0v) is 21.9. The Hall–Kier alpha value is -1.74. The predicted octanol–water partition coefficient (Wildman–Crippen LogP) is 3.46. The molecule has 1 aliphatic heterocycles. The van der Waals surface area contributed by atoms with E-state index >= 15 is 0 Å². The fourth-order valence-electron chi connectivity index (χ4n) is 5.63. The highest BCUT2D eigenvalue weighted by atomic mass is 79.9. The molecule has 4 rings (SSSR count). The Morgan fingerprint density at radius 1 is 1.03 bits per heavy atom. The first kappa shape index (κ1) is 24.4. The molecule has 1 aromatic carbocycles. The van der Waals surface area contributed by atoms with Gasteiger partial charge in [0.15, 0.2) is 6.61 Å². The maximum absolute atomic E-state index is 12.9. The van der Waals surface area contributed by atoms with Gasteiger partial charge in [-0.1, -0.05) is 63.9 Å². The lowest BCUT2D eigenvalue weighted by atomic mass is 9.81. The summed E-state index contributed by atoms with van der Waals surface area (Å²) in [7, 11) is 0. The number of hydrogen-bond acceptors (Lipinski definition) is 5. The molecule has 33 heavy (non-hydrogen) atoms. The molecule has 0 spiro atoms. The summed E-state index contributed by atoms with van der Waals surface area (Å²) in [6.45, 7) is 3.61. The molecular weight excluding hydrogens is 556 g/mol. The van der Waals surface area contributed by atoms with Crippen molar-refractivity contribution in [2.24, 2.45) is 23.7 Å². The molecule has 1 N–H and O–H groups in total. The average Bonchev–Trinajstić information content (AvgIpc) is 3.41. The summed E-state index contributed by atoms with van der Waals surface area (Å²) >= 11 is 7.32. The number of anilines is 1. The molecule has 3 amide bonds. The van der Waals surface area contributed by atoms with E-state index in [0.29, 0.717) is 0 Å². The van der Waals surface area contributed by atoms with Crippen LogP contribution >= 0.6 is 31.9 Å². The minimum absolute atomic E-state index is 0.0108. The van der Waals surface area contributed by atoms with Crippen molar-refractivity contribution in [3.05, 3.63) is 29.3 Å². The summed E-state index contributed by atoms with van der Waals surface area (Å²) in [6, 6.07) is 5.88. The number of aryl methyl sites for hydroxylation is 2. The molecule has 2 saturated carbocycles. The van der Waals surface area contributed by atoms with Gasteiger partial charge in [0.2, 0.25) is 11.8 Å². The van der Waals surface area contributed by atoms with Crippen LogP contribution in [0.15, 0.2) is 18.2 Å². The Morgan fingerprint density at radius 3 is 2.09 bits per heavy atom. The van der Waals surface area contributed by atoms with Gasteiger partial charge in [0.1, 0.15) is 0 Å². The van der Waals surface area contributed by atoms with E-state index < -0.39 is 18.5 Å². The van der Waals surface area contributed by atoms with Crippen LogP contribution in [0.1, 0.15) is 37.8 Å². The van der Waals surface area contributed by atoms with E-state index in [2.05, 4.69) is 37.2 Å². The Kier molecular flexibility index (Phi) is 7.29. The standard InChI is InChI=1S/C24H28Br2N2O5/c1-3-12-6-5-7-13(4-2)22(12)27-16(29)11-33-17(30)8-9-28-23(31)18-14-10-15(19(18)24(28)32)21(26)20(14)25/h5-7,14-15,18-21H,3-4,8-11H2,1-2H3,(H,27,29)/t14-,15-,18-,19+,20-,21+/m1/s1. The van der Waals surface area contributed by atoms with Crippen LogP contribution in [-0.4, -0.2) is 51.4 Å². The predicted molar refractivity (Wildman–Crippen MR) is 130 cm³/mol. The summed E-state index contributed by atoms with van der Waals surface area (Å²) in [4.78, 5) is 52.0. The van der Waals surface area contributed by atoms with Gasteiger partial charge in [0.05, 0.1) is 18.3 Å². The zero-order chi connectivity index (χ0) is 23.9. The molecule has 9 heteroatoms. The SMILES string of the molecule is CCc1cccc(CC)c1NC(=O)COC(=O)CCN1C(=O)[C@@H]2[C@H]3C[C@@H]([C@H](Br)[C@@H]3Br)[C@@H]2C1=O. The Balaban J connectivity index is 1.28. The first-order valence-corrected chi connectivity index (χ1v) is 13.3. The highest BCUT2D eigenvalue weighted by Gasteiger charge is 2.66. The molecule has 1 aromatic rings. The molecule has 1 saturated heterocycles. The molecule has 3 fully saturated rings. The van der Waals surface area contributed by atoms with E-state index in [1.54, 1.807) is 0 Å². The minimum atomic E-state index is -0.609. The monoisotopic (exact) mass is 582 g/mol. The molecule has 7 nitrogen and oxygen atoms in total. The lowest BCUT2D eigenvalue weighted by Crippen LogP contribution is -2.37. The Morgan fingerprint density at radius 2 is 1.58 bits per heavy atom. The van der Waals surface area contributed by atoms with Gasteiger partial charge in [-0.25, -0.2) is 0 Å². The van der Waals surface area contributed by atoms with E-state index in [0.717, 1.165) is 36.1 Å². The summed E-state index contributed by atoms with van der Waals surface area (Å²) in [5.74, 6) is -1.71. The highest BCUT2D eigenvalue weighted by molar-refractivity contribution is 9.12. The second-order valence-corrected chi connectivity index (χ2v) is 11.1. The Bertz CT molecular complexity index is 929. The first-order valence-electron chi connectivity index (χ1n) is 11.5. The number of likely N-dealkylation sites (tertiary alicyclic amines) is 1. The van der Waals surface area contributed by atoms with E-state index in [9.17, 15) is 19.2 Å². The average molecular weight is 584 g/mol. The minimum Gasteiger partial charge on any atom is -0.456 e. The topological polar surface area (TPSA) is 92.8 Å². The Labute approximate surface area is 210 Å². The molecule has 0 radical (unpaired) electrons. The number of carbonyl (C=O) groups excluding carboxylic acids is 4. The van der Waals surface area contributed by atoms with Crippen molar-refractivity contribution >= 4 is 61.2 Å². The van der Waals surface area contributed by atoms with Gasteiger partial charge in [0, 0.05) is 21.9 Å². The second kappa shape index (κ2) is 9.86. The number of nitrogens with one attached hydrogen (secondary N) is 1. The van der Waals surface area contributed by atoms with Crippen LogP contribution in [0.4, 0.5) is 5.69 Å². The molecule has 2 aliphatic carbocycles. The van der Waals surface area contributed by atoms with Crippen LogP contribution in [0.25, 0.3) is 0 Å². The third-order valence-corrected chi connectivity index (χ3v) is 10.5. The molecule has 3 aliphatic rings. The van der Waals surface area contributed by atoms with Crippen LogP contribution in [0.3, 0.4) is 0 Å². The number of rotatable bonds is 8. The second-order valence-electron chi connectivity index (χ2n) is 8.95. The fourth-order valence-corrected chi connectivity index (χ4v) is 7.50. The van der Waals surface area contributed by atoms with E-state index in [1.165, 1.54) is 4.90 Å². The summed E-state index contributed by atoms with van der Waals surface area (Å²) in [5, 5.41) is 2.86. The van der Waals surface area contributed by atoms with Gasteiger partial charge >= 0.3 is 5.97 Å². The van der Waals surface area contributed by atoms with Crippen LogP contribution in [0, 0.1) is 23.7 Å². The van der Waals surface area contributed by atoms with Crippen LogP contribution in [-0.2, 0) is 36.8 Å². The maximum atomic E-state index is 12.9. The van der Waals surface area contributed by atoms with Crippen LogP contribution in [0.2, 0.25) is 0 Å². The number of para-hydroxylation sites is 1. The summed E-state index contributed by atoms with van der Waals surface area (Å²) in [6.07, 6.45) is 2.29. The largest absolute Gasteiger partial charge is 0.456 e. The van der Waals surface area contributed by atoms with Crippen molar-refractivity contribution in [3.8, 4) is 0 Å². The smallest absolute Gasteiger partial charge is 0.308 e. The number of benzene rings is 1. The molecule has 0 aromatic heterocycles. The van der Waals surface area contributed by atoms with Gasteiger partial charge in [-0.15, -0.1) is 0 Å². The van der Waals surface area contributed by atoms with Crippen LogP contribution < -0.4 is 5.32 Å². The molecule has 2 bridgehead atoms. The number of amides is 3. The van der Waals surface area contributed by atoms with Gasteiger partial charge in [-0.2, -0.15) is 0 Å². The number of fused-ring (bicyclic) bond motifs is 5. The van der Waals surface area contributed by atoms with Crippen molar-refractivity contribution < 1.29 is 23.9 Å². The quantitative estimate of drug-likeness (QED) is 0.287. The van der Waals surface area contributed by atoms with Gasteiger partial charge in [-0.3, -0.25) is 24.1 Å². The number of nitrogens with zero attached hydrogens (tertiary/aromatic N) is 1. The number of imide groups is 1. The third kappa shape index (κ3) is 4.38. The number of hydrogen-bond donors (Lipinski definition) is 1. The lowest BCUT2D eigenvalue weighted by Gasteiger charge is -2.28. The number of ether oxygens (including phenoxy) is 1. The lowest BCUT2D eigenvalue weighted by molar-refractivity contribution is -0.149. The fraction of sp³-hybridized carbons (Fsp3) is 0.583. The molecule has 178 valence electrons. The van der Waals surface area contributed by atoms with Gasteiger partial charge in [0.25, 0.3) is 5.91 Å². The normalized spacial score (nSPS) is 30.0. The van der Waals surface area contributed by atoms with Crippen LogP contribution in [0.5, 0.6) is 0 Å². The zero-order valence-electron chi connectivity index (χ0n) is 18.7. The summed E-state index contributed by atoms with van der Waals surface area (Å²) in [5.41, 5.74) is 2.82. The molecule has 1 heterocycles. The molecular formula is C24H28Br2N2O5. The van der Waals surface area contributed by atoms with Crippen molar-refractivity contribution in [3.63, 3.8) is 0 Å². The number of carbonyl (C=O) groups is 4. The van der Waals surface area contributed by atoms with Crippen molar-refractivity contribution in [1.29, 1.82) is 0 Å². The van der Waals surface area contributed by atoms with E-state index in [4.69, 9.17) is 4.74 Å². The summed E-state index contributed by atoms with van der Waals surface area (Å²) < 4.78 is 5.12. The third-order valence-electron chi connectivity index (χ3n) is 7.25. The van der Waals surface area contributed by atoms with E-state index in [1.807, 2.05) is 32.0 Å². The number of esters is 1.